The van der Waals surface area contributed by atoms with Gasteiger partial charge in [0.25, 0.3) is 0 Å². The van der Waals surface area contributed by atoms with Gasteiger partial charge in [-0.15, -0.1) is 22.0 Å². The highest BCUT2D eigenvalue weighted by molar-refractivity contribution is 7.98. The molecule has 3 heterocycles. The molecule has 0 amide bonds. The summed E-state index contributed by atoms with van der Waals surface area (Å²) in [6.45, 7) is 0. The van der Waals surface area contributed by atoms with Crippen LogP contribution in [0.4, 0.5) is 23.0 Å². The number of amidine groups is 1. The molecule has 0 saturated heterocycles. The number of rotatable bonds is 8. The van der Waals surface area contributed by atoms with Crippen molar-refractivity contribution in [2.75, 3.05) is 23.9 Å². The van der Waals surface area contributed by atoms with Crippen LogP contribution in [0.3, 0.4) is 0 Å². The molecule has 0 bridgehead atoms. The predicted octanol–water partition coefficient (Wildman–Crippen LogP) is 5.13. The molecular weight excluding hydrogens is 484 g/mol. The fourth-order valence-corrected chi connectivity index (χ4v) is 4.65. The number of aliphatic imine (C=N–C) groups is 1. The van der Waals surface area contributed by atoms with Gasteiger partial charge >= 0.3 is 0 Å². The Bertz CT molecular complexity index is 1580. The number of hydrogen-bond donors (Lipinski definition) is 4. The Kier molecular flexibility index (Phi) is 6.82. The van der Waals surface area contributed by atoms with Crippen molar-refractivity contribution < 1.29 is 4.79 Å². The van der Waals surface area contributed by atoms with E-state index in [0.29, 0.717) is 34.3 Å². The fourth-order valence-electron chi connectivity index (χ4n) is 3.93. The first-order valence-electron chi connectivity index (χ1n) is 11.4. The molecule has 0 aliphatic carbocycles. The monoisotopic (exact) mass is 508 g/mol. The van der Waals surface area contributed by atoms with Gasteiger partial charge in [-0.25, -0.2) is 4.98 Å². The molecule has 2 aromatic carbocycles. The van der Waals surface area contributed by atoms with Crippen molar-refractivity contribution in [1.29, 1.82) is 0 Å². The van der Waals surface area contributed by atoms with Gasteiger partial charge in [-0.3, -0.25) is 9.79 Å². The molecule has 0 saturated carbocycles. The van der Waals surface area contributed by atoms with Gasteiger partial charge < -0.3 is 21.4 Å². The number of ketones is 1. The van der Waals surface area contributed by atoms with Crippen LogP contribution >= 0.6 is 11.8 Å². The molecule has 9 nitrogen and oxygen atoms in total. The zero-order valence-electron chi connectivity index (χ0n) is 20.2. The van der Waals surface area contributed by atoms with Crippen LogP contribution in [0.1, 0.15) is 21.7 Å². The second-order valence-electron chi connectivity index (χ2n) is 8.05. The molecule has 0 atom stereocenters. The number of thioether (sulfide) groups is 1. The van der Waals surface area contributed by atoms with Crippen LogP contribution in [0.5, 0.6) is 0 Å². The second kappa shape index (κ2) is 10.5. The van der Waals surface area contributed by atoms with Crippen molar-refractivity contribution in [3.05, 3.63) is 95.9 Å². The van der Waals surface area contributed by atoms with E-state index in [1.165, 1.54) is 11.8 Å². The Morgan fingerprint density at radius 1 is 0.946 bits per heavy atom. The summed E-state index contributed by atoms with van der Waals surface area (Å²) in [4.78, 5) is 25.9. The summed E-state index contributed by atoms with van der Waals surface area (Å²) in [5.74, 6) is 1.24. The molecule has 3 aromatic heterocycles. The minimum Gasteiger partial charge on any atom is -0.382 e. The Morgan fingerprint density at radius 2 is 1.78 bits per heavy atom. The lowest BCUT2D eigenvalue weighted by atomic mass is 10.1. The van der Waals surface area contributed by atoms with E-state index in [9.17, 15) is 4.79 Å². The van der Waals surface area contributed by atoms with E-state index >= 15 is 0 Å². The van der Waals surface area contributed by atoms with Crippen molar-refractivity contribution in [3.8, 4) is 0 Å². The van der Waals surface area contributed by atoms with Gasteiger partial charge in [-0.05, 0) is 42.7 Å². The third-order valence-electron chi connectivity index (χ3n) is 5.71. The smallest absolute Gasteiger partial charge is 0.210 e. The number of carbonyl (C=O) groups is 1. The number of para-hydroxylation sites is 1. The summed E-state index contributed by atoms with van der Waals surface area (Å²) in [7, 11) is 1.59. The zero-order chi connectivity index (χ0) is 25.8. The third-order valence-corrected chi connectivity index (χ3v) is 6.55. The van der Waals surface area contributed by atoms with Crippen LogP contribution < -0.4 is 16.4 Å². The van der Waals surface area contributed by atoms with Crippen molar-refractivity contribution >= 4 is 57.3 Å². The lowest BCUT2D eigenvalue weighted by Crippen LogP contribution is -2.18. The second-order valence-corrected chi connectivity index (χ2v) is 8.87. The minimum absolute atomic E-state index is 0.0931. The van der Waals surface area contributed by atoms with Crippen molar-refractivity contribution in [2.24, 2.45) is 10.7 Å². The van der Waals surface area contributed by atoms with Gasteiger partial charge in [0.05, 0.1) is 17.1 Å². The van der Waals surface area contributed by atoms with Gasteiger partial charge in [0.15, 0.2) is 11.5 Å². The number of fused-ring (bicyclic) bond motifs is 1. The highest BCUT2D eigenvalue weighted by Gasteiger charge is 2.20. The lowest BCUT2D eigenvalue weighted by molar-refractivity contribution is 0.103. The summed E-state index contributed by atoms with van der Waals surface area (Å²) in [6.07, 6.45) is 3.62. The molecule has 37 heavy (non-hydrogen) atoms. The molecule has 0 spiro atoms. The number of aromatic nitrogens is 4. The molecule has 0 unspecified atom stereocenters. The first kappa shape index (κ1) is 24.0. The molecule has 10 heteroatoms. The van der Waals surface area contributed by atoms with Gasteiger partial charge in [-0.1, -0.05) is 30.3 Å². The fraction of sp³-hybridized carbons (Fsp3) is 0.0741. The van der Waals surface area contributed by atoms with Gasteiger partial charge in [0.1, 0.15) is 11.7 Å². The maximum absolute atomic E-state index is 13.5. The Morgan fingerprint density at radius 3 is 2.54 bits per heavy atom. The molecule has 5 aromatic rings. The first-order valence-corrected chi connectivity index (χ1v) is 12.6. The van der Waals surface area contributed by atoms with Gasteiger partial charge in [0.2, 0.25) is 5.78 Å². The Hall–Kier alpha value is -4.70. The van der Waals surface area contributed by atoms with Crippen molar-refractivity contribution in [2.45, 2.75) is 4.90 Å². The quantitative estimate of drug-likeness (QED) is 0.0981. The average molecular weight is 509 g/mol. The van der Waals surface area contributed by atoms with E-state index in [2.05, 4.69) is 35.8 Å². The number of nitrogens with one attached hydrogen (secondary N) is 3. The van der Waals surface area contributed by atoms with Crippen molar-refractivity contribution in [1.82, 2.24) is 20.2 Å². The van der Waals surface area contributed by atoms with E-state index < -0.39 is 0 Å². The number of pyridine rings is 1. The first-order chi connectivity index (χ1) is 18.1. The molecule has 0 aliphatic rings. The van der Waals surface area contributed by atoms with Crippen LogP contribution in [0, 0.1) is 0 Å². The van der Waals surface area contributed by atoms with Gasteiger partial charge in [0, 0.05) is 40.7 Å². The Balaban J connectivity index is 1.52. The van der Waals surface area contributed by atoms with Crippen LogP contribution in [-0.2, 0) is 0 Å². The number of anilines is 4. The number of hydrogen-bond acceptors (Lipinski definition) is 8. The third kappa shape index (κ3) is 5.00. The normalized spacial score (nSPS) is 11.5. The number of carbonyl (C=O) groups excluding carboxylic acids is 1. The summed E-state index contributed by atoms with van der Waals surface area (Å²) in [5, 5.41) is 16.0. The van der Waals surface area contributed by atoms with Crippen LogP contribution in [0.15, 0.2) is 88.9 Å². The van der Waals surface area contributed by atoms with Crippen LogP contribution in [0.25, 0.3) is 10.9 Å². The average Bonchev–Trinajstić information content (AvgIpc) is 3.37. The molecule has 184 valence electrons. The highest BCUT2D eigenvalue weighted by Crippen LogP contribution is 2.34. The molecule has 5 N–H and O–H groups in total. The van der Waals surface area contributed by atoms with Gasteiger partial charge in [-0.2, -0.15) is 0 Å². The largest absolute Gasteiger partial charge is 0.382 e. The summed E-state index contributed by atoms with van der Waals surface area (Å²) < 4.78 is 0. The number of H-pyrrole nitrogens is 1. The highest BCUT2D eigenvalue weighted by atomic mass is 32.2. The molecular formula is C27H24N8OS. The molecule has 0 radical (unpaired) electrons. The van der Waals surface area contributed by atoms with Crippen molar-refractivity contribution in [3.63, 3.8) is 0 Å². The topological polar surface area (TPSA) is 134 Å². The zero-order valence-corrected chi connectivity index (χ0v) is 21.0. The number of nitrogens with two attached hydrogens (primary N) is 1. The predicted molar refractivity (Wildman–Crippen MR) is 149 cm³/mol. The van der Waals surface area contributed by atoms with E-state index in [1.54, 1.807) is 19.3 Å². The van der Waals surface area contributed by atoms with Crippen LogP contribution in [-0.4, -0.2) is 45.1 Å². The summed E-state index contributed by atoms with van der Waals surface area (Å²) >= 11 is 1.48. The van der Waals surface area contributed by atoms with E-state index in [0.717, 1.165) is 21.5 Å². The number of aromatic amines is 1. The maximum Gasteiger partial charge on any atom is 0.210 e. The summed E-state index contributed by atoms with van der Waals surface area (Å²) in [5.41, 5.74) is 9.87. The van der Waals surface area contributed by atoms with E-state index in [4.69, 9.17) is 5.73 Å². The van der Waals surface area contributed by atoms with E-state index in [-0.39, 0.29) is 11.6 Å². The SMILES string of the molecule is CN=C(N)c1nnc(Nc2ccccn2)cc1Nc1cccc(C(=O)c2cc3ccccc3[nH]2)c1SC. The number of nitrogens with zero attached hydrogens (tertiary/aromatic N) is 4. The summed E-state index contributed by atoms with van der Waals surface area (Å²) in [6, 6.07) is 22.6. The van der Waals surface area contributed by atoms with Crippen LogP contribution in [0.2, 0.25) is 0 Å². The Labute approximate surface area is 217 Å². The number of benzene rings is 2. The molecule has 5 rings (SSSR count). The standard InChI is InChI=1S/C27H24N8OS/c1-29-27(28)24-20(15-23(34-35-24)33-22-12-5-6-13-30-22)32-19-11-7-9-17(26(19)37-2)25(36)21-14-16-8-3-4-10-18(16)31-21/h3-15,31H,1-2H3,(H2,28,29)(H2,30,32,33,34). The minimum atomic E-state index is -0.0931. The molecule has 0 aliphatic heterocycles. The maximum atomic E-state index is 13.5. The lowest BCUT2D eigenvalue weighted by Gasteiger charge is -2.16. The molecule has 0 fully saturated rings. The van der Waals surface area contributed by atoms with E-state index in [1.807, 2.05) is 73.0 Å².